The predicted octanol–water partition coefficient (Wildman–Crippen LogP) is 5.74. The maximum atomic E-state index is 4.80. The quantitative estimate of drug-likeness (QED) is 0.389. The average Bonchev–Trinajstić information content (AvgIpc) is 3.18. The molecule has 27 heavy (non-hydrogen) atoms. The molecule has 0 atom stereocenters. The standard InChI is InChI=1S/C24H17N3/c1-2-8-18(9-3-1)14-15-20-11-5-7-13-23(20)27-25-22-17-16-19-10-4-6-12-21(19)24(22)26-27/h1-17H/b15-14+. The van der Waals surface area contributed by atoms with E-state index in [1.165, 1.54) is 5.39 Å². The molecule has 0 aliphatic heterocycles. The van der Waals surface area contributed by atoms with Crippen molar-refractivity contribution in [3.05, 3.63) is 102 Å². The third-order valence-electron chi connectivity index (χ3n) is 4.68. The Morgan fingerprint density at radius 2 is 1.41 bits per heavy atom. The van der Waals surface area contributed by atoms with Gasteiger partial charge in [0.2, 0.25) is 0 Å². The lowest BCUT2D eigenvalue weighted by molar-refractivity contribution is 0.765. The van der Waals surface area contributed by atoms with Crippen LogP contribution in [0.15, 0.2) is 91.0 Å². The first-order chi connectivity index (χ1) is 13.4. The van der Waals surface area contributed by atoms with Crippen LogP contribution in [0.5, 0.6) is 0 Å². The number of hydrogen-bond acceptors (Lipinski definition) is 2. The number of nitrogens with zero attached hydrogens (tertiary/aromatic N) is 3. The topological polar surface area (TPSA) is 30.7 Å². The van der Waals surface area contributed by atoms with E-state index in [4.69, 9.17) is 10.2 Å². The van der Waals surface area contributed by atoms with Crippen LogP contribution in [0.2, 0.25) is 0 Å². The number of para-hydroxylation sites is 1. The van der Waals surface area contributed by atoms with E-state index in [0.717, 1.165) is 33.2 Å². The SMILES string of the molecule is C(=C\c1ccccc1-n1nc2ccc3ccccc3c2n1)/c1ccccc1. The smallest absolute Gasteiger partial charge is 0.121 e. The van der Waals surface area contributed by atoms with Crippen LogP contribution in [0.3, 0.4) is 0 Å². The number of rotatable bonds is 3. The predicted molar refractivity (Wildman–Crippen MR) is 112 cm³/mol. The third kappa shape index (κ3) is 2.89. The fourth-order valence-electron chi connectivity index (χ4n) is 3.32. The minimum Gasteiger partial charge on any atom is -0.150 e. The summed E-state index contributed by atoms with van der Waals surface area (Å²) in [7, 11) is 0. The van der Waals surface area contributed by atoms with Gasteiger partial charge >= 0.3 is 0 Å². The second kappa shape index (κ2) is 6.54. The first kappa shape index (κ1) is 15.5. The van der Waals surface area contributed by atoms with E-state index in [1.54, 1.807) is 4.80 Å². The molecule has 0 aliphatic carbocycles. The molecule has 0 amide bonds. The molecule has 0 aliphatic rings. The molecule has 1 heterocycles. The van der Waals surface area contributed by atoms with Crippen molar-refractivity contribution in [2.45, 2.75) is 0 Å². The summed E-state index contributed by atoms with van der Waals surface area (Å²) in [6.07, 6.45) is 4.22. The van der Waals surface area contributed by atoms with Crippen molar-refractivity contribution in [1.82, 2.24) is 15.0 Å². The Hall–Kier alpha value is -3.72. The summed E-state index contributed by atoms with van der Waals surface area (Å²) in [4.78, 5) is 1.74. The van der Waals surface area contributed by atoms with E-state index in [-0.39, 0.29) is 0 Å². The Morgan fingerprint density at radius 3 is 2.33 bits per heavy atom. The fourth-order valence-corrected chi connectivity index (χ4v) is 3.32. The Kier molecular flexibility index (Phi) is 3.76. The average molecular weight is 347 g/mol. The first-order valence-corrected chi connectivity index (χ1v) is 8.96. The van der Waals surface area contributed by atoms with Gasteiger partial charge in [0, 0.05) is 10.9 Å². The lowest BCUT2D eigenvalue weighted by atomic mass is 10.1. The molecular formula is C24H17N3. The van der Waals surface area contributed by atoms with Crippen molar-refractivity contribution in [1.29, 1.82) is 0 Å². The molecule has 0 spiro atoms. The fraction of sp³-hybridized carbons (Fsp3) is 0. The molecular weight excluding hydrogens is 330 g/mol. The second-order valence-electron chi connectivity index (χ2n) is 6.45. The van der Waals surface area contributed by atoms with Crippen LogP contribution in [0.1, 0.15) is 11.1 Å². The lowest BCUT2D eigenvalue weighted by Crippen LogP contribution is -2.00. The van der Waals surface area contributed by atoms with E-state index in [1.807, 2.05) is 54.6 Å². The number of aromatic nitrogens is 3. The van der Waals surface area contributed by atoms with Gasteiger partial charge in [0.15, 0.2) is 0 Å². The van der Waals surface area contributed by atoms with Gasteiger partial charge in [-0.1, -0.05) is 91.0 Å². The molecule has 0 radical (unpaired) electrons. The molecule has 5 rings (SSSR count). The van der Waals surface area contributed by atoms with Crippen molar-refractivity contribution in [2.24, 2.45) is 0 Å². The molecule has 128 valence electrons. The Morgan fingerprint density at radius 1 is 0.630 bits per heavy atom. The van der Waals surface area contributed by atoms with Gasteiger partial charge in [0.05, 0.1) is 5.69 Å². The Balaban J connectivity index is 1.63. The number of hydrogen-bond donors (Lipinski definition) is 0. The Labute approximate surface area is 157 Å². The van der Waals surface area contributed by atoms with Gasteiger partial charge in [0.1, 0.15) is 11.0 Å². The maximum Gasteiger partial charge on any atom is 0.121 e. The summed E-state index contributed by atoms with van der Waals surface area (Å²) < 4.78 is 0. The summed E-state index contributed by atoms with van der Waals surface area (Å²) >= 11 is 0. The van der Waals surface area contributed by atoms with Crippen LogP contribution in [-0.4, -0.2) is 15.0 Å². The van der Waals surface area contributed by atoms with Crippen molar-refractivity contribution in [2.75, 3.05) is 0 Å². The van der Waals surface area contributed by atoms with Crippen LogP contribution in [0.4, 0.5) is 0 Å². The van der Waals surface area contributed by atoms with Gasteiger partial charge in [-0.25, -0.2) is 0 Å². The van der Waals surface area contributed by atoms with Crippen LogP contribution in [0, 0.1) is 0 Å². The van der Waals surface area contributed by atoms with E-state index in [0.29, 0.717) is 0 Å². The van der Waals surface area contributed by atoms with Gasteiger partial charge in [-0.05, 0) is 23.1 Å². The highest BCUT2D eigenvalue weighted by atomic mass is 15.5. The second-order valence-corrected chi connectivity index (χ2v) is 6.45. The van der Waals surface area contributed by atoms with Crippen molar-refractivity contribution in [3.8, 4) is 5.69 Å². The maximum absolute atomic E-state index is 4.80. The molecule has 0 saturated carbocycles. The molecule has 0 saturated heterocycles. The van der Waals surface area contributed by atoms with E-state index < -0.39 is 0 Å². The summed E-state index contributed by atoms with van der Waals surface area (Å²) in [5.41, 5.74) is 5.03. The zero-order valence-electron chi connectivity index (χ0n) is 14.7. The normalized spacial score (nSPS) is 11.6. The molecule has 1 aromatic heterocycles. The summed E-state index contributed by atoms with van der Waals surface area (Å²) in [6.45, 7) is 0. The highest BCUT2D eigenvalue weighted by Crippen LogP contribution is 2.24. The zero-order valence-corrected chi connectivity index (χ0v) is 14.7. The number of fused-ring (bicyclic) bond motifs is 3. The van der Waals surface area contributed by atoms with Crippen LogP contribution in [-0.2, 0) is 0 Å². The van der Waals surface area contributed by atoms with Gasteiger partial charge in [-0.2, -0.15) is 0 Å². The molecule has 4 aromatic carbocycles. The molecule has 0 N–H and O–H groups in total. The lowest BCUT2D eigenvalue weighted by Gasteiger charge is -2.04. The van der Waals surface area contributed by atoms with Crippen molar-refractivity contribution in [3.63, 3.8) is 0 Å². The van der Waals surface area contributed by atoms with Gasteiger partial charge in [-0.15, -0.1) is 15.0 Å². The van der Waals surface area contributed by atoms with E-state index >= 15 is 0 Å². The molecule has 0 bridgehead atoms. The monoisotopic (exact) mass is 347 g/mol. The summed E-state index contributed by atoms with van der Waals surface area (Å²) in [5.74, 6) is 0. The highest BCUT2D eigenvalue weighted by molar-refractivity contribution is 6.03. The summed E-state index contributed by atoms with van der Waals surface area (Å²) in [5, 5.41) is 11.8. The molecule has 3 heteroatoms. The zero-order chi connectivity index (χ0) is 18.1. The van der Waals surface area contributed by atoms with Gasteiger partial charge < -0.3 is 0 Å². The minimum absolute atomic E-state index is 0.899. The molecule has 5 aromatic rings. The van der Waals surface area contributed by atoms with Crippen LogP contribution < -0.4 is 0 Å². The van der Waals surface area contributed by atoms with Gasteiger partial charge in [-0.3, -0.25) is 0 Å². The molecule has 0 fully saturated rings. The van der Waals surface area contributed by atoms with Crippen molar-refractivity contribution >= 4 is 34.0 Å². The van der Waals surface area contributed by atoms with Crippen LogP contribution in [0.25, 0.3) is 39.6 Å². The largest absolute Gasteiger partial charge is 0.150 e. The Bertz CT molecular complexity index is 1270. The molecule has 0 unspecified atom stereocenters. The third-order valence-corrected chi connectivity index (χ3v) is 4.68. The van der Waals surface area contributed by atoms with E-state index in [2.05, 4.69) is 48.6 Å². The molecule has 3 nitrogen and oxygen atoms in total. The van der Waals surface area contributed by atoms with Gasteiger partial charge in [0.25, 0.3) is 0 Å². The highest BCUT2D eigenvalue weighted by Gasteiger charge is 2.10. The van der Waals surface area contributed by atoms with E-state index in [9.17, 15) is 0 Å². The summed E-state index contributed by atoms with van der Waals surface area (Å²) in [6, 6.07) is 30.9. The van der Waals surface area contributed by atoms with Crippen molar-refractivity contribution < 1.29 is 0 Å². The minimum atomic E-state index is 0.899. The van der Waals surface area contributed by atoms with Crippen LogP contribution >= 0.6 is 0 Å². The number of benzene rings is 4. The first-order valence-electron chi connectivity index (χ1n) is 8.96.